The van der Waals surface area contributed by atoms with Crippen molar-refractivity contribution in [2.24, 2.45) is 5.73 Å². The zero-order valence-corrected chi connectivity index (χ0v) is 66.5. The van der Waals surface area contributed by atoms with Crippen molar-refractivity contribution >= 4 is 19.8 Å². The van der Waals surface area contributed by atoms with Gasteiger partial charge < -0.3 is 20.1 Å². The lowest BCUT2D eigenvalue weighted by Gasteiger charge is -2.19. The molecule has 0 bridgehead atoms. The van der Waals surface area contributed by atoms with E-state index in [1.807, 2.05) is 0 Å². The van der Waals surface area contributed by atoms with Crippen LogP contribution in [-0.2, 0) is 32.7 Å². The summed E-state index contributed by atoms with van der Waals surface area (Å²) >= 11 is 0. The van der Waals surface area contributed by atoms with E-state index in [0.717, 1.165) is 109 Å². The number of hydrogen-bond donors (Lipinski definition) is 2. The molecule has 0 fully saturated rings. The molecule has 0 aliphatic heterocycles. The Kier molecular flexibility index (Phi) is 81.4. The van der Waals surface area contributed by atoms with E-state index in [1.54, 1.807) is 0 Å². The van der Waals surface area contributed by atoms with Gasteiger partial charge in [-0.3, -0.25) is 18.6 Å². The first-order valence-corrected chi connectivity index (χ1v) is 43.8. The van der Waals surface area contributed by atoms with E-state index in [-0.39, 0.29) is 38.6 Å². The molecule has 0 aromatic heterocycles. The average Bonchev–Trinajstić information content (AvgIpc) is 1.04. The Morgan fingerprint density at radius 2 is 0.545 bits per heavy atom. The smallest absolute Gasteiger partial charge is 0.462 e. The van der Waals surface area contributed by atoms with Crippen molar-refractivity contribution in [3.8, 4) is 0 Å². The Balaban J connectivity index is 3.82. The zero-order chi connectivity index (χ0) is 72.9. The van der Waals surface area contributed by atoms with Crippen molar-refractivity contribution < 1.29 is 37.6 Å². The van der Waals surface area contributed by atoms with Crippen LogP contribution in [0.1, 0.15) is 386 Å². The molecule has 101 heavy (non-hydrogen) atoms. The largest absolute Gasteiger partial charge is 0.472 e. The van der Waals surface area contributed by atoms with Crippen molar-refractivity contribution in [3.63, 3.8) is 0 Å². The van der Waals surface area contributed by atoms with Gasteiger partial charge in [-0.05, 0) is 122 Å². The molecule has 2 unspecified atom stereocenters. The molecule has 0 amide bonds. The topological polar surface area (TPSA) is 134 Å². The Labute approximate surface area is 624 Å². The quantitative estimate of drug-likeness (QED) is 0.0264. The Morgan fingerprint density at radius 1 is 0.307 bits per heavy atom. The number of hydrogen-bond acceptors (Lipinski definition) is 8. The highest BCUT2D eigenvalue weighted by Crippen LogP contribution is 2.43. The van der Waals surface area contributed by atoms with Crippen LogP contribution in [0.15, 0.2) is 146 Å². The number of ether oxygens (including phenoxy) is 2. The number of unbranched alkanes of at least 4 members (excludes halogenated alkanes) is 42. The van der Waals surface area contributed by atoms with Gasteiger partial charge in [-0.2, -0.15) is 0 Å². The van der Waals surface area contributed by atoms with Gasteiger partial charge in [0.25, 0.3) is 0 Å². The first-order valence-electron chi connectivity index (χ1n) is 42.3. The Hall–Kier alpha value is -4.11. The first kappa shape index (κ1) is 96.9. The van der Waals surface area contributed by atoms with Crippen LogP contribution in [0.4, 0.5) is 0 Å². The van der Waals surface area contributed by atoms with E-state index in [9.17, 15) is 19.0 Å². The normalized spacial score (nSPS) is 13.6. The number of carbonyl (C=O) groups is 2. The van der Waals surface area contributed by atoms with Crippen LogP contribution in [0.2, 0.25) is 0 Å². The second-order valence-corrected chi connectivity index (χ2v) is 29.4. The number of phosphoric ester groups is 1. The van der Waals surface area contributed by atoms with Gasteiger partial charge in [0.2, 0.25) is 0 Å². The molecule has 9 nitrogen and oxygen atoms in total. The van der Waals surface area contributed by atoms with E-state index < -0.39 is 26.5 Å². The van der Waals surface area contributed by atoms with Crippen molar-refractivity contribution in [2.45, 2.75) is 392 Å². The molecule has 0 saturated heterocycles. The van der Waals surface area contributed by atoms with Crippen molar-refractivity contribution in [1.29, 1.82) is 0 Å². The molecule has 3 N–H and O–H groups in total. The minimum atomic E-state index is -4.40. The van der Waals surface area contributed by atoms with Crippen LogP contribution in [0.5, 0.6) is 0 Å². The summed E-state index contributed by atoms with van der Waals surface area (Å²) in [6.45, 7) is 3.66. The van der Waals surface area contributed by atoms with Gasteiger partial charge >= 0.3 is 19.8 Å². The highest BCUT2D eigenvalue weighted by atomic mass is 31.2. The van der Waals surface area contributed by atoms with Crippen molar-refractivity contribution in [2.75, 3.05) is 26.4 Å². The predicted molar refractivity (Wildman–Crippen MR) is 440 cm³/mol. The highest BCUT2D eigenvalue weighted by molar-refractivity contribution is 7.47. The summed E-state index contributed by atoms with van der Waals surface area (Å²) in [6.07, 6.45) is 123. The molecule has 0 saturated carbocycles. The SMILES string of the molecule is CC/C=C\C/C=C\C/C=C\C/C=C\C/C=C\C/C=C\C/C=C\C/C=C\C/C=C\CCCCCCCCCCCCCCCC(=O)OC(COC(=O)CCCCCCCCCCCCCCCCCCCCCCCCCC/C=C\C/C=C\C/C=C\CCCCCCC)COP(=O)(O)OCCN. The summed E-state index contributed by atoms with van der Waals surface area (Å²) in [5, 5.41) is 0. The first-order chi connectivity index (χ1) is 49.8. The molecular weight excluding hydrogens is 1270 g/mol. The number of carbonyl (C=O) groups excluding carboxylic acids is 2. The standard InChI is InChI=1S/C91H158NO8P/c1-3-5-7-9-11-13-15-17-19-21-23-25-27-29-31-33-35-37-39-41-43-44-46-48-50-52-54-56-58-60-62-64-66-68-70-72-74-76-78-80-82-84-91(94)100-89(88-99-101(95,96)98-86-85-92)87-97-90(93)83-81-79-77-75-73-71-69-67-65-63-61-59-57-55-53-51-49-47-45-42-40-38-36-34-32-30-28-26-24-22-20-18-16-14-12-10-8-6-4-2/h5,7,11,13,16-19,22-25,28-31,35,37,41,43,46,48,52,54,89H,3-4,6,8-10,12,14-15,20-21,26-27,32-34,36,38-40,42,44-45,47,49-51,53,55-88,92H2,1-2H3,(H,95,96)/b7-5-,13-11-,18-16-,19-17-,24-22-,25-23-,30-28-,31-29-,37-35-,43-41-,48-46-,54-52-. The summed E-state index contributed by atoms with van der Waals surface area (Å²) in [6, 6.07) is 0. The molecule has 0 aromatic carbocycles. The zero-order valence-electron chi connectivity index (χ0n) is 65.6. The number of rotatable bonds is 79. The van der Waals surface area contributed by atoms with Crippen molar-refractivity contribution in [1.82, 2.24) is 0 Å². The molecule has 0 radical (unpaired) electrons. The van der Waals surface area contributed by atoms with E-state index in [4.69, 9.17) is 24.3 Å². The summed E-state index contributed by atoms with van der Waals surface area (Å²) in [4.78, 5) is 35.5. The average molecular weight is 1430 g/mol. The summed E-state index contributed by atoms with van der Waals surface area (Å²) in [5.74, 6) is -0.819. The molecule has 0 heterocycles. The van der Waals surface area contributed by atoms with Gasteiger partial charge in [0.05, 0.1) is 13.2 Å². The lowest BCUT2D eigenvalue weighted by atomic mass is 10.0. The third kappa shape index (κ3) is 84.7. The summed E-state index contributed by atoms with van der Waals surface area (Å²) in [5.41, 5.74) is 5.42. The Morgan fingerprint density at radius 3 is 0.812 bits per heavy atom. The number of esters is 2. The number of allylic oxidation sites excluding steroid dienone is 24. The van der Waals surface area contributed by atoms with Crippen LogP contribution in [0.25, 0.3) is 0 Å². The van der Waals surface area contributed by atoms with Gasteiger partial charge in [0.1, 0.15) is 6.61 Å². The third-order valence-corrected chi connectivity index (χ3v) is 19.2. The second-order valence-electron chi connectivity index (χ2n) is 28.0. The minimum Gasteiger partial charge on any atom is -0.462 e. The van der Waals surface area contributed by atoms with Crippen LogP contribution >= 0.6 is 7.82 Å². The van der Waals surface area contributed by atoms with E-state index in [2.05, 4.69) is 160 Å². The molecule has 2 atom stereocenters. The maximum Gasteiger partial charge on any atom is 0.472 e. The fraction of sp³-hybridized carbons (Fsp3) is 0.714. The predicted octanol–water partition coefficient (Wildman–Crippen LogP) is 28.9. The van der Waals surface area contributed by atoms with Gasteiger partial charge in [-0.15, -0.1) is 0 Å². The van der Waals surface area contributed by atoms with Gasteiger partial charge in [-0.25, -0.2) is 4.57 Å². The molecule has 0 aliphatic carbocycles. The third-order valence-electron chi connectivity index (χ3n) is 18.2. The molecule has 0 rings (SSSR count). The van der Waals surface area contributed by atoms with Gasteiger partial charge in [0.15, 0.2) is 6.10 Å². The fourth-order valence-electron chi connectivity index (χ4n) is 12.0. The van der Waals surface area contributed by atoms with Crippen LogP contribution in [0.3, 0.4) is 0 Å². The lowest BCUT2D eigenvalue weighted by Crippen LogP contribution is -2.29. The van der Waals surface area contributed by atoms with E-state index in [0.29, 0.717) is 6.42 Å². The van der Waals surface area contributed by atoms with E-state index >= 15 is 0 Å². The molecule has 0 aliphatic rings. The van der Waals surface area contributed by atoms with Crippen LogP contribution < -0.4 is 5.73 Å². The summed E-state index contributed by atoms with van der Waals surface area (Å²) < 4.78 is 33.3. The van der Waals surface area contributed by atoms with Crippen LogP contribution in [0, 0.1) is 0 Å². The van der Waals surface area contributed by atoms with E-state index in [1.165, 1.54) is 244 Å². The molecular formula is C91H158NO8P. The second kappa shape index (κ2) is 84.8. The van der Waals surface area contributed by atoms with Crippen LogP contribution in [-0.4, -0.2) is 49.3 Å². The fourth-order valence-corrected chi connectivity index (χ4v) is 12.8. The number of phosphoric acid groups is 1. The number of nitrogens with two attached hydrogens (primary N) is 1. The molecule has 580 valence electrons. The maximum atomic E-state index is 12.8. The Bertz CT molecular complexity index is 2180. The molecule has 0 aromatic rings. The molecule has 10 heteroatoms. The summed E-state index contributed by atoms with van der Waals surface area (Å²) in [7, 11) is -4.40. The molecule has 0 spiro atoms. The highest BCUT2D eigenvalue weighted by Gasteiger charge is 2.26. The minimum absolute atomic E-state index is 0.0499. The van der Waals surface area contributed by atoms with Gasteiger partial charge in [0, 0.05) is 19.4 Å². The monoisotopic (exact) mass is 1420 g/mol. The lowest BCUT2D eigenvalue weighted by molar-refractivity contribution is -0.161. The van der Waals surface area contributed by atoms with Gasteiger partial charge in [-0.1, -0.05) is 397 Å². The maximum absolute atomic E-state index is 12.8. The van der Waals surface area contributed by atoms with Crippen molar-refractivity contribution in [3.05, 3.63) is 146 Å².